The molecule has 94 valence electrons. The van der Waals surface area contributed by atoms with Gasteiger partial charge < -0.3 is 9.88 Å². The molecule has 0 amide bonds. The molecular formula is C9H12ClN3O3S. The van der Waals surface area contributed by atoms with Gasteiger partial charge in [0, 0.05) is 13.1 Å². The van der Waals surface area contributed by atoms with E-state index in [1.54, 1.807) is 4.90 Å². The normalized spacial score (nSPS) is 19.9. The van der Waals surface area contributed by atoms with Crippen molar-refractivity contribution in [3.05, 3.63) is 21.7 Å². The van der Waals surface area contributed by atoms with Crippen LogP contribution in [0.2, 0.25) is 5.02 Å². The Morgan fingerprint density at radius 1 is 1.35 bits per heavy atom. The van der Waals surface area contributed by atoms with E-state index >= 15 is 0 Å². The Hall–Kier alpha value is -1.08. The third-order valence-electron chi connectivity index (χ3n) is 2.63. The van der Waals surface area contributed by atoms with E-state index in [9.17, 15) is 13.2 Å². The molecule has 0 radical (unpaired) electrons. The predicted molar refractivity (Wildman–Crippen MR) is 65.4 cm³/mol. The fraction of sp³-hybridized carbons (Fsp3) is 0.556. The first-order chi connectivity index (χ1) is 7.99. The van der Waals surface area contributed by atoms with Crippen LogP contribution < -0.4 is 10.5 Å². The second-order valence-corrected chi connectivity index (χ2v) is 6.54. The van der Waals surface area contributed by atoms with Crippen LogP contribution in [0.15, 0.2) is 11.1 Å². The molecule has 1 saturated heterocycles. The van der Waals surface area contributed by atoms with Gasteiger partial charge in [-0.3, -0.25) is 4.79 Å². The average Bonchev–Trinajstić information content (AvgIpc) is 2.44. The SMILES string of the molecule is O=c1[nH]cnc(N2CCCS(=O)(=O)CC2)c1Cl. The van der Waals surface area contributed by atoms with Gasteiger partial charge in [0.1, 0.15) is 5.02 Å². The second-order valence-electron chi connectivity index (χ2n) is 3.86. The van der Waals surface area contributed by atoms with Crippen LogP contribution in [0.5, 0.6) is 0 Å². The molecule has 1 aliphatic heterocycles. The molecule has 1 aliphatic rings. The molecule has 1 fully saturated rings. The van der Waals surface area contributed by atoms with Crippen LogP contribution in [-0.4, -0.2) is 43.0 Å². The summed E-state index contributed by atoms with van der Waals surface area (Å²) in [7, 11) is -2.98. The first-order valence-corrected chi connectivity index (χ1v) is 7.38. The van der Waals surface area contributed by atoms with Crippen molar-refractivity contribution in [2.45, 2.75) is 6.42 Å². The molecule has 1 N–H and O–H groups in total. The van der Waals surface area contributed by atoms with E-state index in [0.29, 0.717) is 25.3 Å². The van der Waals surface area contributed by atoms with Gasteiger partial charge in [-0.2, -0.15) is 0 Å². The highest BCUT2D eigenvalue weighted by molar-refractivity contribution is 7.91. The molecule has 0 atom stereocenters. The number of nitrogens with one attached hydrogen (secondary N) is 1. The Bertz CT molecular complexity index is 569. The lowest BCUT2D eigenvalue weighted by Gasteiger charge is -2.20. The lowest BCUT2D eigenvalue weighted by Crippen LogP contribution is -2.29. The molecule has 0 aromatic carbocycles. The lowest BCUT2D eigenvalue weighted by molar-refractivity contribution is 0.597. The lowest BCUT2D eigenvalue weighted by atomic mass is 10.4. The molecule has 6 nitrogen and oxygen atoms in total. The quantitative estimate of drug-likeness (QED) is 0.784. The van der Waals surface area contributed by atoms with Gasteiger partial charge in [-0.1, -0.05) is 11.6 Å². The van der Waals surface area contributed by atoms with Crippen LogP contribution in [0.1, 0.15) is 6.42 Å². The molecule has 8 heteroatoms. The number of hydrogen-bond acceptors (Lipinski definition) is 5. The van der Waals surface area contributed by atoms with E-state index in [2.05, 4.69) is 9.97 Å². The number of H-pyrrole nitrogens is 1. The minimum Gasteiger partial charge on any atom is -0.354 e. The molecule has 0 spiro atoms. The number of sulfone groups is 1. The second kappa shape index (κ2) is 4.66. The number of aromatic amines is 1. The van der Waals surface area contributed by atoms with E-state index in [0.717, 1.165) is 0 Å². The van der Waals surface area contributed by atoms with Crippen molar-refractivity contribution < 1.29 is 8.42 Å². The Kier molecular flexibility index (Phi) is 3.39. The highest BCUT2D eigenvalue weighted by Crippen LogP contribution is 2.20. The molecule has 0 unspecified atom stereocenters. The van der Waals surface area contributed by atoms with Gasteiger partial charge in [-0.05, 0) is 6.42 Å². The van der Waals surface area contributed by atoms with E-state index < -0.39 is 15.4 Å². The van der Waals surface area contributed by atoms with Crippen LogP contribution in [0.3, 0.4) is 0 Å². The van der Waals surface area contributed by atoms with Gasteiger partial charge in [0.2, 0.25) is 0 Å². The minimum atomic E-state index is -2.98. The van der Waals surface area contributed by atoms with Gasteiger partial charge in [0.15, 0.2) is 15.7 Å². The molecule has 2 rings (SSSR count). The van der Waals surface area contributed by atoms with Gasteiger partial charge in [-0.25, -0.2) is 13.4 Å². The van der Waals surface area contributed by atoms with Crippen molar-refractivity contribution in [2.24, 2.45) is 0 Å². The summed E-state index contributed by atoms with van der Waals surface area (Å²) in [5, 5.41) is 0.00629. The zero-order chi connectivity index (χ0) is 12.5. The molecule has 0 bridgehead atoms. The number of hydrogen-bond donors (Lipinski definition) is 1. The summed E-state index contributed by atoms with van der Waals surface area (Å²) in [5.41, 5.74) is -0.413. The summed E-state index contributed by atoms with van der Waals surface area (Å²) in [6.45, 7) is 0.855. The van der Waals surface area contributed by atoms with Crippen LogP contribution in [0.4, 0.5) is 5.82 Å². The molecule has 2 heterocycles. The zero-order valence-corrected chi connectivity index (χ0v) is 10.6. The maximum absolute atomic E-state index is 11.5. The van der Waals surface area contributed by atoms with Crippen molar-refractivity contribution >= 4 is 27.3 Å². The molecule has 1 aromatic heterocycles. The Balaban J connectivity index is 2.29. The van der Waals surface area contributed by atoms with Crippen molar-refractivity contribution in [2.75, 3.05) is 29.5 Å². The number of halogens is 1. The van der Waals surface area contributed by atoms with Crippen molar-refractivity contribution in [1.29, 1.82) is 0 Å². The first kappa shape index (κ1) is 12.4. The number of rotatable bonds is 1. The van der Waals surface area contributed by atoms with Crippen LogP contribution in [-0.2, 0) is 9.84 Å². The van der Waals surface area contributed by atoms with Crippen molar-refractivity contribution in [3.63, 3.8) is 0 Å². The topological polar surface area (TPSA) is 83.1 Å². The predicted octanol–water partition coefficient (Wildman–Crippen LogP) is 0.0482. The smallest absolute Gasteiger partial charge is 0.271 e. The highest BCUT2D eigenvalue weighted by Gasteiger charge is 2.22. The van der Waals surface area contributed by atoms with Crippen LogP contribution in [0.25, 0.3) is 0 Å². The minimum absolute atomic E-state index is 0.00629. The Morgan fingerprint density at radius 3 is 2.88 bits per heavy atom. The van der Waals surface area contributed by atoms with Crippen molar-refractivity contribution in [3.8, 4) is 0 Å². The summed E-state index contributed by atoms with van der Waals surface area (Å²) in [5.74, 6) is 0.592. The molecule has 1 aromatic rings. The standard InChI is InChI=1S/C9H12ClN3O3S/c10-7-8(11-6-12-9(7)14)13-2-1-4-17(15,16)5-3-13/h6H,1-5H2,(H,11,12,14). The Morgan fingerprint density at radius 2 is 2.12 bits per heavy atom. The number of aromatic nitrogens is 2. The van der Waals surface area contributed by atoms with E-state index in [4.69, 9.17) is 11.6 Å². The number of anilines is 1. The summed E-state index contributed by atoms with van der Waals surface area (Å²) in [6, 6.07) is 0. The molecule has 0 saturated carbocycles. The molecule has 0 aliphatic carbocycles. The highest BCUT2D eigenvalue weighted by atomic mass is 35.5. The third kappa shape index (κ3) is 2.78. The van der Waals surface area contributed by atoms with E-state index in [1.165, 1.54) is 6.33 Å². The summed E-state index contributed by atoms with van der Waals surface area (Å²) in [6.07, 6.45) is 1.79. The van der Waals surface area contributed by atoms with Gasteiger partial charge in [0.25, 0.3) is 5.56 Å². The Labute approximate surface area is 104 Å². The maximum atomic E-state index is 11.5. The third-order valence-corrected chi connectivity index (χ3v) is 4.69. The molecular weight excluding hydrogens is 266 g/mol. The largest absolute Gasteiger partial charge is 0.354 e. The fourth-order valence-electron chi connectivity index (χ4n) is 1.74. The fourth-order valence-corrected chi connectivity index (χ4v) is 3.24. The summed E-state index contributed by atoms with van der Waals surface area (Å²) >= 11 is 5.85. The van der Waals surface area contributed by atoms with E-state index in [1.807, 2.05) is 0 Å². The number of nitrogens with zero attached hydrogens (tertiary/aromatic N) is 2. The maximum Gasteiger partial charge on any atom is 0.271 e. The first-order valence-electron chi connectivity index (χ1n) is 5.18. The van der Waals surface area contributed by atoms with Crippen molar-refractivity contribution in [1.82, 2.24) is 9.97 Å². The zero-order valence-electron chi connectivity index (χ0n) is 9.02. The van der Waals surface area contributed by atoms with E-state index in [-0.39, 0.29) is 16.5 Å². The summed E-state index contributed by atoms with van der Waals surface area (Å²) in [4.78, 5) is 19.4. The van der Waals surface area contributed by atoms with Gasteiger partial charge >= 0.3 is 0 Å². The average molecular weight is 278 g/mol. The van der Waals surface area contributed by atoms with Gasteiger partial charge in [0.05, 0.1) is 17.8 Å². The van der Waals surface area contributed by atoms with Crippen LogP contribution >= 0.6 is 11.6 Å². The summed E-state index contributed by atoms with van der Waals surface area (Å²) < 4.78 is 22.9. The monoisotopic (exact) mass is 277 g/mol. The van der Waals surface area contributed by atoms with Crippen LogP contribution in [0, 0.1) is 0 Å². The molecule has 17 heavy (non-hydrogen) atoms. The van der Waals surface area contributed by atoms with Gasteiger partial charge in [-0.15, -0.1) is 0 Å².